The van der Waals surface area contributed by atoms with Crippen LogP contribution in [0.25, 0.3) is 0 Å². The monoisotopic (exact) mass is 336 g/mol. The van der Waals surface area contributed by atoms with Crippen molar-refractivity contribution in [3.63, 3.8) is 0 Å². The van der Waals surface area contributed by atoms with Crippen LogP contribution in [0.4, 0.5) is 4.79 Å². The zero-order chi connectivity index (χ0) is 17.1. The van der Waals surface area contributed by atoms with Crippen LogP contribution in [-0.4, -0.2) is 52.7 Å². The fraction of sp³-hybridized carbons (Fsp3) is 0.824. The molecule has 132 valence electrons. The third kappa shape index (κ3) is 2.41. The number of rotatable bonds is 3. The molecule has 3 atom stereocenters. The molecule has 1 heterocycles. The number of esters is 1. The Kier molecular flexibility index (Phi) is 3.43. The third-order valence-corrected chi connectivity index (χ3v) is 6.22. The summed E-state index contributed by atoms with van der Waals surface area (Å²) in [5, 5.41) is 13.3. The van der Waals surface area contributed by atoms with Crippen LogP contribution in [0, 0.1) is 17.3 Å². The van der Waals surface area contributed by atoms with Crippen molar-refractivity contribution >= 4 is 17.9 Å². The standard InChI is InChI=1S/C17H24N2O5/c1-10(13(20)19-3-2-18-15(19)22)24-14(21)16-5-11-4-12(6-16)8-17(23,7-11)9-16/h10-12,23H,2-9H2,1H3,(H,18,22)/t10-,11+,12+,16?,17?/m0/s1. The lowest BCUT2D eigenvalue weighted by Gasteiger charge is -2.58. The van der Waals surface area contributed by atoms with Gasteiger partial charge in [0.2, 0.25) is 0 Å². The highest BCUT2D eigenvalue weighted by Crippen LogP contribution is 2.62. The maximum absolute atomic E-state index is 12.8. The van der Waals surface area contributed by atoms with E-state index in [4.69, 9.17) is 4.74 Å². The van der Waals surface area contributed by atoms with Gasteiger partial charge in [0.25, 0.3) is 5.91 Å². The molecule has 2 N–H and O–H groups in total. The van der Waals surface area contributed by atoms with Crippen LogP contribution >= 0.6 is 0 Å². The van der Waals surface area contributed by atoms with Gasteiger partial charge in [0.05, 0.1) is 11.0 Å². The Hall–Kier alpha value is -1.63. The molecule has 0 aromatic rings. The molecule has 0 aromatic carbocycles. The lowest BCUT2D eigenvalue weighted by Crippen LogP contribution is -2.59. The normalized spacial score (nSPS) is 41.2. The summed E-state index contributed by atoms with van der Waals surface area (Å²) in [5.74, 6) is -0.115. The molecular formula is C17H24N2O5. The summed E-state index contributed by atoms with van der Waals surface area (Å²) in [4.78, 5) is 37.8. The average Bonchev–Trinajstić information content (AvgIpc) is 2.89. The molecule has 7 nitrogen and oxygen atoms in total. The van der Waals surface area contributed by atoms with Gasteiger partial charge in [-0.15, -0.1) is 0 Å². The quantitative estimate of drug-likeness (QED) is 0.743. The van der Waals surface area contributed by atoms with Gasteiger partial charge in [-0.25, -0.2) is 4.79 Å². The Morgan fingerprint density at radius 2 is 1.96 bits per heavy atom. The molecule has 7 heteroatoms. The minimum atomic E-state index is -0.982. The summed E-state index contributed by atoms with van der Waals surface area (Å²) in [7, 11) is 0. The summed E-state index contributed by atoms with van der Waals surface area (Å²) >= 11 is 0. The van der Waals surface area contributed by atoms with Gasteiger partial charge in [-0.05, 0) is 57.3 Å². The van der Waals surface area contributed by atoms with Crippen molar-refractivity contribution in [2.75, 3.05) is 13.1 Å². The molecule has 1 saturated heterocycles. The number of carbonyl (C=O) groups is 3. The topological polar surface area (TPSA) is 95.9 Å². The van der Waals surface area contributed by atoms with Crippen LogP contribution in [0.3, 0.4) is 0 Å². The van der Waals surface area contributed by atoms with Gasteiger partial charge in [-0.3, -0.25) is 14.5 Å². The van der Waals surface area contributed by atoms with E-state index in [0.717, 1.165) is 37.0 Å². The second-order valence-corrected chi connectivity index (χ2v) is 8.24. The van der Waals surface area contributed by atoms with E-state index in [1.165, 1.54) is 6.92 Å². The highest BCUT2D eigenvalue weighted by atomic mass is 16.5. The first kappa shape index (κ1) is 15.9. The molecule has 24 heavy (non-hydrogen) atoms. The Bertz CT molecular complexity index is 590. The van der Waals surface area contributed by atoms with Crippen LogP contribution < -0.4 is 5.32 Å². The lowest BCUT2D eigenvalue weighted by molar-refractivity contribution is -0.200. The van der Waals surface area contributed by atoms with E-state index in [2.05, 4.69) is 5.32 Å². The van der Waals surface area contributed by atoms with Crippen molar-refractivity contribution in [2.45, 2.75) is 57.2 Å². The molecule has 1 aliphatic heterocycles. The number of hydrogen-bond donors (Lipinski definition) is 2. The summed E-state index contributed by atoms with van der Waals surface area (Å²) in [6.45, 7) is 2.24. The Morgan fingerprint density at radius 3 is 2.50 bits per heavy atom. The number of aliphatic hydroxyl groups is 1. The van der Waals surface area contributed by atoms with E-state index in [1.807, 2.05) is 0 Å². The zero-order valence-electron chi connectivity index (χ0n) is 13.9. The first-order valence-electron chi connectivity index (χ1n) is 8.83. The molecule has 0 radical (unpaired) electrons. The van der Waals surface area contributed by atoms with Gasteiger partial charge >= 0.3 is 12.0 Å². The van der Waals surface area contributed by atoms with Gasteiger partial charge in [0.15, 0.2) is 6.10 Å². The summed E-state index contributed by atoms with van der Waals surface area (Å²) < 4.78 is 5.48. The van der Waals surface area contributed by atoms with E-state index >= 15 is 0 Å². The lowest BCUT2D eigenvalue weighted by atomic mass is 9.48. The van der Waals surface area contributed by atoms with Crippen molar-refractivity contribution in [3.05, 3.63) is 0 Å². The Labute approximate surface area is 140 Å². The Morgan fingerprint density at radius 1 is 1.29 bits per heavy atom. The van der Waals surface area contributed by atoms with Gasteiger partial charge < -0.3 is 15.2 Å². The third-order valence-electron chi connectivity index (χ3n) is 6.22. The number of carbonyl (C=O) groups excluding carboxylic acids is 3. The molecule has 0 unspecified atom stereocenters. The first-order chi connectivity index (χ1) is 11.3. The van der Waals surface area contributed by atoms with E-state index in [1.54, 1.807) is 0 Å². The van der Waals surface area contributed by atoms with Gasteiger partial charge in [-0.2, -0.15) is 0 Å². The molecule has 3 amide bonds. The maximum Gasteiger partial charge on any atom is 0.324 e. The number of amides is 3. The highest BCUT2D eigenvalue weighted by molar-refractivity contribution is 5.98. The molecule has 4 saturated carbocycles. The summed E-state index contributed by atoms with van der Waals surface area (Å²) in [6.07, 6.45) is 3.59. The molecule has 4 bridgehead atoms. The highest BCUT2D eigenvalue weighted by Gasteiger charge is 2.61. The molecular weight excluding hydrogens is 312 g/mol. The van der Waals surface area contributed by atoms with Crippen molar-refractivity contribution in [2.24, 2.45) is 17.3 Å². The van der Waals surface area contributed by atoms with E-state index < -0.39 is 29.1 Å². The van der Waals surface area contributed by atoms with Gasteiger partial charge in [0.1, 0.15) is 0 Å². The van der Waals surface area contributed by atoms with Crippen LogP contribution in [0.15, 0.2) is 0 Å². The predicted octanol–water partition coefficient (Wildman–Crippen LogP) is 0.801. The zero-order valence-corrected chi connectivity index (χ0v) is 13.9. The minimum Gasteiger partial charge on any atom is -0.452 e. The number of imide groups is 1. The number of hydrogen-bond acceptors (Lipinski definition) is 5. The minimum absolute atomic E-state index is 0.300. The summed E-state index contributed by atoms with van der Waals surface area (Å²) in [6, 6.07) is -0.438. The predicted molar refractivity (Wildman–Crippen MR) is 82.7 cm³/mol. The number of urea groups is 1. The molecule has 5 aliphatic rings. The fourth-order valence-corrected chi connectivity index (χ4v) is 5.69. The average molecular weight is 336 g/mol. The first-order valence-corrected chi connectivity index (χ1v) is 8.83. The smallest absolute Gasteiger partial charge is 0.324 e. The van der Waals surface area contributed by atoms with Crippen molar-refractivity contribution in [1.29, 1.82) is 0 Å². The molecule has 4 aliphatic carbocycles. The molecule has 0 spiro atoms. The molecule has 5 rings (SSSR count). The van der Waals surface area contributed by atoms with Crippen molar-refractivity contribution in [1.82, 2.24) is 10.2 Å². The number of ether oxygens (including phenoxy) is 1. The number of nitrogens with zero attached hydrogens (tertiary/aromatic N) is 1. The van der Waals surface area contributed by atoms with Crippen LogP contribution in [-0.2, 0) is 14.3 Å². The fourth-order valence-electron chi connectivity index (χ4n) is 5.69. The SMILES string of the molecule is C[C@H](OC(=O)C12C[C@H]3C[C@@H](CC(O)(C3)C1)C2)C(=O)N1CCNC1=O. The second kappa shape index (κ2) is 5.18. The Balaban J connectivity index is 1.46. The number of nitrogens with one attached hydrogen (secondary N) is 1. The van der Waals surface area contributed by atoms with E-state index in [-0.39, 0.29) is 5.97 Å². The largest absolute Gasteiger partial charge is 0.452 e. The maximum atomic E-state index is 12.8. The molecule has 5 fully saturated rings. The van der Waals surface area contributed by atoms with Crippen LogP contribution in [0.1, 0.15) is 45.4 Å². The van der Waals surface area contributed by atoms with Gasteiger partial charge in [-0.1, -0.05) is 0 Å². The van der Waals surface area contributed by atoms with Crippen molar-refractivity contribution in [3.8, 4) is 0 Å². The van der Waals surface area contributed by atoms with Crippen molar-refractivity contribution < 1.29 is 24.2 Å². The molecule has 0 aromatic heterocycles. The van der Waals surface area contributed by atoms with Gasteiger partial charge in [0, 0.05) is 13.1 Å². The van der Waals surface area contributed by atoms with Crippen LogP contribution in [0.5, 0.6) is 0 Å². The van der Waals surface area contributed by atoms with E-state index in [9.17, 15) is 19.5 Å². The van der Waals surface area contributed by atoms with E-state index in [0.29, 0.717) is 31.3 Å². The van der Waals surface area contributed by atoms with Crippen LogP contribution in [0.2, 0.25) is 0 Å². The summed E-state index contributed by atoms with van der Waals surface area (Å²) in [5.41, 5.74) is -1.40. The second-order valence-electron chi connectivity index (χ2n) is 8.24.